The van der Waals surface area contributed by atoms with Crippen LogP contribution < -0.4 is 0 Å². The van der Waals surface area contributed by atoms with Crippen molar-refractivity contribution in [3.05, 3.63) is 117 Å². The number of nitro benzene ring substituents is 1. The molecule has 0 aliphatic carbocycles. The summed E-state index contributed by atoms with van der Waals surface area (Å²) in [5.41, 5.74) is 4.72. The molecular weight excluding hydrogens is 492 g/mol. The molecule has 7 nitrogen and oxygen atoms in total. The number of amides is 1. The van der Waals surface area contributed by atoms with E-state index in [9.17, 15) is 14.9 Å². The lowest BCUT2D eigenvalue weighted by Gasteiger charge is -2.14. The van der Waals surface area contributed by atoms with Crippen molar-refractivity contribution >= 4 is 46.0 Å². The number of nitro groups is 1. The van der Waals surface area contributed by atoms with E-state index in [0.717, 1.165) is 16.8 Å². The van der Waals surface area contributed by atoms with Crippen LogP contribution in [0.25, 0.3) is 23.0 Å². The molecule has 0 unspecified atom stereocenters. The molecular formula is C27H20N4O3S2. The fraction of sp³-hybridized carbons (Fsp3) is 0.0741. The fourth-order valence-corrected chi connectivity index (χ4v) is 5.10. The van der Waals surface area contributed by atoms with Crippen molar-refractivity contribution in [3.8, 4) is 16.9 Å². The van der Waals surface area contributed by atoms with Crippen LogP contribution in [0.15, 0.2) is 90.0 Å². The van der Waals surface area contributed by atoms with Crippen molar-refractivity contribution in [2.75, 3.05) is 0 Å². The Bertz CT molecular complexity index is 1510. The monoisotopic (exact) mass is 512 g/mol. The number of rotatable bonds is 6. The Balaban J connectivity index is 1.53. The number of nitrogens with zero attached hydrogens (tertiary/aromatic N) is 4. The third-order valence-corrected chi connectivity index (χ3v) is 7.09. The molecule has 1 aliphatic heterocycles. The minimum atomic E-state index is -0.437. The molecule has 3 aromatic carbocycles. The average Bonchev–Trinajstić information content (AvgIpc) is 3.42. The second-order valence-corrected chi connectivity index (χ2v) is 9.95. The predicted molar refractivity (Wildman–Crippen MR) is 146 cm³/mol. The Kier molecular flexibility index (Phi) is 6.49. The van der Waals surface area contributed by atoms with Gasteiger partial charge in [0, 0.05) is 29.5 Å². The highest BCUT2D eigenvalue weighted by Crippen LogP contribution is 2.36. The van der Waals surface area contributed by atoms with Gasteiger partial charge in [-0.1, -0.05) is 84.1 Å². The summed E-state index contributed by atoms with van der Waals surface area (Å²) in [7, 11) is 0. The van der Waals surface area contributed by atoms with Gasteiger partial charge < -0.3 is 0 Å². The first kappa shape index (κ1) is 23.7. The van der Waals surface area contributed by atoms with Crippen molar-refractivity contribution in [3.63, 3.8) is 0 Å². The van der Waals surface area contributed by atoms with Crippen LogP contribution in [0, 0.1) is 17.0 Å². The van der Waals surface area contributed by atoms with E-state index in [-0.39, 0.29) is 11.6 Å². The van der Waals surface area contributed by atoms with E-state index in [1.165, 1.54) is 23.9 Å². The van der Waals surface area contributed by atoms with E-state index in [0.29, 0.717) is 32.6 Å². The van der Waals surface area contributed by atoms with Crippen LogP contribution in [0.4, 0.5) is 5.69 Å². The first-order valence-corrected chi connectivity index (χ1v) is 12.3. The Morgan fingerprint density at radius 3 is 2.53 bits per heavy atom. The molecule has 1 aromatic heterocycles. The normalized spacial score (nSPS) is 14.6. The lowest BCUT2D eigenvalue weighted by atomic mass is 10.1. The number of non-ortho nitro benzene ring substituents is 1. The van der Waals surface area contributed by atoms with E-state index < -0.39 is 4.92 Å². The molecule has 0 spiro atoms. The summed E-state index contributed by atoms with van der Waals surface area (Å²) in [6.45, 7) is 2.41. The minimum absolute atomic E-state index is 0.0304. The number of para-hydroxylation sites is 1. The Labute approximate surface area is 217 Å². The maximum atomic E-state index is 13.3. The number of hydrogen-bond donors (Lipinski definition) is 0. The lowest BCUT2D eigenvalue weighted by Crippen LogP contribution is -2.27. The molecule has 4 aromatic rings. The zero-order valence-corrected chi connectivity index (χ0v) is 20.8. The summed E-state index contributed by atoms with van der Waals surface area (Å²) >= 11 is 6.76. The first-order chi connectivity index (χ1) is 17.4. The summed E-state index contributed by atoms with van der Waals surface area (Å²) in [6, 6.07) is 23.8. The van der Waals surface area contributed by atoms with Crippen molar-refractivity contribution < 1.29 is 9.72 Å². The molecule has 1 amide bonds. The van der Waals surface area contributed by atoms with Gasteiger partial charge in [-0.2, -0.15) is 5.10 Å². The van der Waals surface area contributed by atoms with Crippen LogP contribution in [-0.2, 0) is 11.3 Å². The van der Waals surface area contributed by atoms with Crippen LogP contribution in [-0.4, -0.2) is 29.8 Å². The highest BCUT2D eigenvalue weighted by atomic mass is 32.2. The van der Waals surface area contributed by atoms with E-state index in [4.69, 9.17) is 17.3 Å². The van der Waals surface area contributed by atoms with Crippen LogP contribution in [0.1, 0.15) is 16.7 Å². The highest BCUT2D eigenvalue weighted by molar-refractivity contribution is 8.26. The highest BCUT2D eigenvalue weighted by Gasteiger charge is 2.32. The van der Waals surface area contributed by atoms with E-state index >= 15 is 0 Å². The first-order valence-electron chi connectivity index (χ1n) is 11.1. The van der Waals surface area contributed by atoms with Crippen LogP contribution in [0.3, 0.4) is 0 Å². The number of hydrogen-bond acceptors (Lipinski definition) is 6. The number of aryl methyl sites for hydroxylation is 1. The number of carbonyl (C=O) groups is 1. The number of aromatic nitrogens is 2. The topological polar surface area (TPSA) is 81.3 Å². The smallest absolute Gasteiger partial charge is 0.270 e. The molecule has 36 heavy (non-hydrogen) atoms. The van der Waals surface area contributed by atoms with Gasteiger partial charge in [0.15, 0.2) is 0 Å². The van der Waals surface area contributed by atoms with Crippen LogP contribution >= 0.6 is 24.0 Å². The van der Waals surface area contributed by atoms with Crippen molar-refractivity contribution in [1.29, 1.82) is 0 Å². The molecule has 0 saturated carbocycles. The third-order valence-electron chi connectivity index (χ3n) is 5.72. The molecule has 178 valence electrons. The second-order valence-electron chi connectivity index (χ2n) is 8.27. The molecule has 0 atom stereocenters. The average molecular weight is 513 g/mol. The minimum Gasteiger partial charge on any atom is -0.288 e. The molecule has 0 radical (unpaired) electrons. The molecule has 9 heteroatoms. The quantitative estimate of drug-likeness (QED) is 0.133. The molecule has 1 saturated heterocycles. The van der Waals surface area contributed by atoms with Crippen molar-refractivity contribution in [1.82, 2.24) is 14.7 Å². The van der Waals surface area contributed by atoms with Gasteiger partial charge in [0.2, 0.25) is 0 Å². The summed E-state index contributed by atoms with van der Waals surface area (Å²) in [4.78, 5) is 26.3. The standard InChI is InChI=1S/C27H20N4O3S2/c1-18-10-12-19(13-11-18)16-29-26(32)24(36-27(29)35)15-21-17-30(22-7-3-2-4-8-22)28-25(21)20-6-5-9-23(14-20)31(33)34/h2-15,17H,16H2,1H3/b24-15+. The fourth-order valence-electron chi connectivity index (χ4n) is 3.85. The Morgan fingerprint density at radius 2 is 1.81 bits per heavy atom. The summed E-state index contributed by atoms with van der Waals surface area (Å²) in [6.07, 6.45) is 3.57. The SMILES string of the molecule is Cc1ccc(CN2C(=O)/C(=C\c3cn(-c4ccccc4)nc3-c3cccc([N+](=O)[O-])c3)SC2=S)cc1. The summed E-state index contributed by atoms with van der Waals surface area (Å²) in [5, 5.41) is 16.1. The molecule has 0 bridgehead atoms. The number of thiocarbonyl (C=S) groups is 1. The third kappa shape index (κ3) is 4.84. The van der Waals surface area contributed by atoms with Gasteiger partial charge in [0.25, 0.3) is 11.6 Å². The van der Waals surface area contributed by atoms with Gasteiger partial charge in [-0.3, -0.25) is 19.8 Å². The van der Waals surface area contributed by atoms with E-state index in [2.05, 4.69) is 0 Å². The molecule has 1 fully saturated rings. The maximum absolute atomic E-state index is 13.3. The van der Waals surface area contributed by atoms with Crippen molar-refractivity contribution in [2.45, 2.75) is 13.5 Å². The van der Waals surface area contributed by atoms with E-state index in [1.807, 2.05) is 67.7 Å². The van der Waals surface area contributed by atoms with Gasteiger partial charge in [-0.15, -0.1) is 0 Å². The van der Waals surface area contributed by atoms with Gasteiger partial charge in [-0.25, -0.2) is 4.68 Å². The van der Waals surface area contributed by atoms with Gasteiger partial charge in [0.05, 0.1) is 22.1 Å². The van der Waals surface area contributed by atoms with Crippen LogP contribution in [0.2, 0.25) is 0 Å². The van der Waals surface area contributed by atoms with Crippen molar-refractivity contribution in [2.24, 2.45) is 0 Å². The van der Waals surface area contributed by atoms with Gasteiger partial charge >= 0.3 is 0 Å². The summed E-state index contributed by atoms with van der Waals surface area (Å²) in [5.74, 6) is -0.178. The van der Waals surface area contributed by atoms with Gasteiger partial charge in [-0.05, 0) is 30.7 Å². The Morgan fingerprint density at radius 1 is 1.06 bits per heavy atom. The number of thioether (sulfide) groups is 1. The molecule has 0 N–H and O–H groups in total. The zero-order chi connectivity index (χ0) is 25.2. The lowest BCUT2D eigenvalue weighted by molar-refractivity contribution is -0.384. The maximum Gasteiger partial charge on any atom is 0.270 e. The second kappa shape index (κ2) is 9.88. The zero-order valence-electron chi connectivity index (χ0n) is 19.2. The molecule has 1 aliphatic rings. The van der Waals surface area contributed by atoms with E-state index in [1.54, 1.807) is 27.8 Å². The van der Waals surface area contributed by atoms with Gasteiger partial charge in [0.1, 0.15) is 10.0 Å². The predicted octanol–water partition coefficient (Wildman–Crippen LogP) is 6.16. The van der Waals surface area contributed by atoms with Crippen LogP contribution in [0.5, 0.6) is 0 Å². The Hall–Kier alpha value is -4.08. The molecule has 2 heterocycles. The largest absolute Gasteiger partial charge is 0.288 e. The number of carbonyl (C=O) groups excluding carboxylic acids is 1. The number of benzene rings is 3. The molecule has 5 rings (SSSR count). The summed E-state index contributed by atoms with van der Waals surface area (Å²) < 4.78 is 2.19.